The van der Waals surface area contributed by atoms with Gasteiger partial charge in [0.25, 0.3) is 5.91 Å². The predicted molar refractivity (Wildman–Crippen MR) is 133 cm³/mol. The molecule has 0 radical (unpaired) electrons. The van der Waals surface area contributed by atoms with Gasteiger partial charge in [0.15, 0.2) is 5.17 Å². The van der Waals surface area contributed by atoms with Crippen LogP contribution in [0.4, 0.5) is 11.4 Å². The van der Waals surface area contributed by atoms with Gasteiger partial charge in [-0.05, 0) is 35.4 Å². The van der Waals surface area contributed by atoms with Crippen molar-refractivity contribution >= 4 is 34.2 Å². The number of amides is 1. The van der Waals surface area contributed by atoms with Gasteiger partial charge in [-0.1, -0.05) is 109 Å². The van der Waals surface area contributed by atoms with Gasteiger partial charge in [0.1, 0.15) is 0 Å². The fraction of sp³-hybridized carbons (Fsp3) is 0.0714. The van der Waals surface area contributed by atoms with Gasteiger partial charge in [0.05, 0.1) is 11.2 Å². The molecular weight excluding hydrogens is 412 g/mol. The van der Waals surface area contributed by atoms with Crippen molar-refractivity contribution in [2.45, 2.75) is 11.2 Å². The zero-order valence-corrected chi connectivity index (χ0v) is 18.2. The molecule has 3 nitrogen and oxygen atoms in total. The first-order valence-corrected chi connectivity index (χ1v) is 11.5. The van der Waals surface area contributed by atoms with E-state index < -0.39 is 0 Å². The Balaban J connectivity index is 1.63. The molecule has 1 aliphatic heterocycles. The Morgan fingerprint density at radius 2 is 1.03 bits per heavy atom. The fourth-order valence-corrected chi connectivity index (χ4v) is 5.40. The van der Waals surface area contributed by atoms with Crippen LogP contribution in [0, 0.1) is 0 Å². The van der Waals surface area contributed by atoms with Crippen LogP contribution in [-0.4, -0.2) is 11.1 Å². The van der Waals surface area contributed by atoms with Crippen molar-refractivity contribution in [2.24, 2.45) is 4.99 Å². The SMILES string of the molecule is O=C1N=C(N(c2ccccc2)c2ccccc2)S[C@H](c2ccccc2)[C@@H]1c1ccccc1. The first kappa shape index (κ1) is 20.3. The van der Waals surface area contributed by atoms with Crippen molar-refractivity contribution in [1.29, 1.82) is 0 Å². The average molecular weight is 435 g/mol. The predicted octanol–water partition coefficient (Wildman–Crippen LogP) is 6.98. The number of rotatable bonds is 4. The van der Waals surface area contributed by atoms with Crippen LogP contribution in [0.3, 0.4) is 0 Å². The van der Waals surface area contributed by atoms with Gasteiger partial charge in [-0.25, -0.2) is 0 Å². The molecule has 0 bridgehead atoms. The van der Waals surface area contributed by atoms with E-state index in [0.29, 0.717) is 5.17 Å². The highest BCUT2D eigenvalue weighted by atomic mass is 32.2. The van der Waals surface area contributed by atoms with Crippen LogP contribution in [0.15, 0.2) is 126 Å². The molecule has 0 spiro atoms. The summed E-state index contributed by atoms with van der Waals surface area (Å²) in [6.45, 7) is 0. The first-order valence-electron chi connectivity index (χ1n) is 10.6. The van der Waals surface area contributed by atoms with E-state index in [2.05, 4.69) is 22.0 Å². The highest BCUT2D eigenvalue weighted by Gasteiger charge is 2.38. The topological polar surface area (TPSA) is 32.7 Å². The zero-order valence-electron chi connectivity index (χ0n) is 17.4. The van der Waals surface area contributed by atoms with Crippen LogP contribution in [0.5, 0.6) is 0 Å². The number of thioether (sulfide) groups is 1. The molecule has 1 aliphatic rings. The summed E-state index contributed by atoms with van der Waals surface area (Å²) in [6, 6.07) is 40.4. The molecule has 2 atom stereocenters. The molecule has 1 heterocycles. The summed E-state index contributed by atoms with van der Waals surface area (Å²) in [5.41, 5.74) is 4.06. The van der Waals surface area contributed by atoms with E-state index in [1.54, 1.807) is 11.8 Å². The van der Waals surface area contributed by atoms with E-state index in [4.69, 9.17) is 0 Å². The summed E-state index contributed by atoms with van der Waals surface area (Å²) in [7, 11) is 0. The molecule has 4 heteroatoms. The molecule has 0 fully saturated rings. The summed E-state index contributed by atoms with van der Waals surface area (Å²) < 4.78 is 0. The second kappa shape index (κ2) is 9.25. The number of anilines is 2. The number of hydrogen-bond acceptors (Lipinski definition) is 3. The van der Waals surface area contributed by atoms with E-state index >= 15 is 0 Å². The maximum atomic E-state index is 13.5. The summed E-state index contributed by atoms with van der Waals surface area (Å²) in [6.07, 6.45) is 0. The largest absolute Gasteiger partial charge is 0.289 e. The molecule has 0 saturated heterocycles. The van der Waals surface area contributed by atoms with Gasteiger partial charge < -0.3 is 0 Å². The quantitative estimate of drug-likeness (QED) is 0.347. The Bertz CT molecular complexity index is 1170. The number of nitrogens with zero attached hydrogens (tertiary/aromatic N) is 2. The fourth-order valence-electron chi connectivity index (χ4n) is 4.01. The van der Waals surface area contributed by atoms with Crippen LogP contribution in [0.25, 0.3) is 0 Å². The molecule has 156 valence electrons. The second-order valence-corrected chi connectivity index (χ2v) is 8.69. The molecule has 32 heavy (non-hydrogen) atoms. The van der Waals surface area contributed by atoms with Gasteiger partial charge in [-0.2, -0.15) is 4.99 Å². The lowest BCUT2D eigenvalue weighted by Gasteiger charge is -2.34. The molecule has 0 aliphatic carbocycles. The minimum atomic E-state index is -0.333. The number of carbonyl (C=O) groups excluding carboxylic acids is 1. The van der Waals surface area contributed by atoms with Crippen molar-refractivity contribution in [1.82, 2.24) is 0 Å². The molecule has 0 unspecified atom stereocenters. The lowest BCUT2D eigenvalue weighted by molar-refractivity contribution is -0.119. The van der Waals surface area contributed by atoms with Crippen molar-refractivity contribution in [3.63, 3.8) is 0 Å². The van der Waals surface area contributed by atoms with Crippen LogP contribution in [0.1, 0.15) is 22.3 Å². The van der Waals surface area contributed by atoms with E-state index in [-0.39, 0.29) is 17.1 Å². The standard InChI is InChI=1S/C28H22N2OS/c31-27-25(21-13-5-1-6-14-21)26(22-15-7-2-8-16-22)32-28(29-27)30(23-17-9-3-10-18-23)24-19-11-4-12-20-24/h1-20,25-26H/t25-,26+/m0/s1. The molecule has 0 aromatic heterocycles. The minimum absolute atomic E-state index is 0.0754. The Morgan fingerprint density at radius 3 is 1.53 bits per heavy atom. The van der Waals surface area contributed by atoms with Crippen LogP contribution in [-0.2, 0) is 4.79 Å². The highest BCUT2D eigenvalue weighted by Crippen LogP contribution is 2.48. The van der Waals surface area contributed by atoms with Crippen LogP contribution >= 0.6 is 11.8 Å². The third-order valence-corrected chi connectivity index (χ3v) is 6.80. The molecule has 0 N–H and O–H groups in total. The summed E-state index contributed by atoms with van der Waals surface area (Å²) >= 11 is 1.64. The van der Waals surface area contributed by atoms with Gasteiger partial charge in [0.2, 0.25) is 0 Å². The Morgan fingerprint density at radius 1 is 0.594 bits per heavy atom. The molecule has 4 aromatic carbocycles. The number of benzene rings is 4. The monoisotopic (exact) mass is 434 g/mol. The van der Waals surface area contributed by atoms with E-state index in [0.717, 1.165) is 22.5 Å². The average Bonchev–Trinajstić information content (AvgIpc) is 2.86. The van der Waals surface area contributed by atoms with E-state index in [1.807, 2.05) is 109 Å². The number of para-hydroxylation sites is 2. The summed E-state index contributed by atoms with van der Waals surface area (Å²) in [5.74, 6) is -0.448. The van der Waals surface area contributed by atoms with Gasteiger partial charge >= 0.3 is 0 Å². The highest BCUT2D eigenvalue weighted by molar-refractivity contribution is 8.14. The molecule has 4 aromatic rings. The maximum absolute atomic E-state index is 13.5. The molecule has 5 rings (SSSR count). The third kappa shape index (κ3) is 4.10. The molecule has 1 amide bonds. The van der Waals surface area contributed by atoms with Crippen molar-refractivity contribution < 1.29 is 4.79 Å². The Labute approximate surface area is 192 Å². The zero-order chi connectivity index (χ0) is 21.8. The summed E-state index contributed by atoms with van der Waals surface area (Å²) in [5, 5.41) is 0.613. The van der Waals surface area contributed by atoms with E-state index in [9.17, 15) is 4.79 Å². The Kier molecular flexibility index (Phi) is 5.86. The molecule has 0 saturated carbocycles. The lowest BCUT2D eigenvalue weighted by atomic mass is 9.90. The number of hydrogen-bond donors (Lipinski definition) is 0. The van der Waals surface area contributed by atoms with Gasteiger partial charge in [-0.15, -0.1) is 0 Å². The number of amidine groups is 1. The lowest BCUT2D eigenvalue weighted by Crippen LogP contribution is -2.32. The molecular formula is C28H22N2OS. The van der Waals surface area contributed by atoms with Crippen molar-refractivity contribution in [2.75, 3.05) is 4.90 Å². The Hall–Kier alpha value is -3.63. The first-order chi connectivity index (χ1) is 15.8. The van der Waals surface area contributed by atoms with Crippen molar-refractivity contribution in [3.05, 3.63) is 132 Å². The minimum Gasteiger partial charge on any atom is -0.289 e. The summed E-state index contributed by atoms with van der Waals surface area (Å²) in [4.78, 5) is 20.2. The van der Waals surface area contributed by atoms with E-state index in [1.165, 1.54) is 0 Å². The maximum Gasteiger partial charge on any atom is 0.257 e. The van der Waals surface area contributed by atoms with Gasteiger partial charge in [-0.3, -0.25) is 9.69 Å². The smallest absolute Gasteiger partial charge is 0.257 e. The number of carbonyl (C=O) groups is 1. The number of aliphatic imine (C=N–C) groups is 1. The normalized spacial score (nSPS) is 18.1. The van der Waals surface area contributed by atoms with Crippen LogP contribution < -0.4 is 4.90 Å². The second-order valence-electron chi connectivity index (χ2n) is 7.58. The van der Waals surface area contributed by atoms with Crippen LogP contribution in [0.2, 0.25) is 0 Å². The van der Waals surface area contributed by atoms with Gasteiger partial charge in [0, 0.05) is 11.4 Å². The van der Waals surface area contributed by atoms with Crippen molar-refractivity contribution in [3.8, 4) is 0 Å². The third-order valence-electron chi connectivity index (χ3n) is 5.51.